The highest BCUT2D eigenvalue weighted by Gasteiger charge is 2.12. The van der Waals surface area contributed by atoms with E-state index in [1.165, 1.54) is 6.42 Å². The van der Waals surface area contributed by atoms with Crippen molar-refractivity contribution in [2.45, 2.75) is 25.6 Å². The van der Waals surface area contributed by atoms with Crippen molar-refractivity contribution in [3.63, 3.8) is 0 Å². The molecule has 0 aliphatic carbocycles. The fraction of sp³-hybridized carbons (Fsp3) is 0.600. The van der Waals surface area contributed by atoms with Gasteiger partial charge in [0.15, 0.2) is 6.29 Å². The number of allylic oxidation sites excluding steroid dienone is 1. The highest BCUT2D eigenvalue weighted by Crippen LogP contribution is 2.13. The first kappa shape index (κ1) is 9.31. The Morgan fingerprint density at radius 3 is 3.17 bits per heavy atom. The van der Waals surface area contributed by atoms with Crippen LogP contribution < -0.4 is 0 Å². The number of hydrogen-bond donors (Lipinski definition) is 0. The lowest BCUT2D eigenvalue weighted by molar-refractivity contribution is -0.155. The zero-order chi connectivity index (χ0) is 8.65. The predicted octanol–water partition coefficient (Wildman–Crippen LogP) is 1.72. The van der Waals surface area contributed by atoms with E-state index < -0.39 is 0 Å². The lowest BCUT2D eigenvalue weighted by Crippen LogP contribution is -2.22. The molecule has 0 aromatic carbocycles. The highest BCUT2D eigenvalue weighted by molar-refractivity contribution is 5.08. The van der Waals surface area contributed by atoms with Gasteiger partial charge in [0.25, 0.3) is 0 Å². The van der Waals surface area contributed by atoms with E-state index in [9.17, 15) is 0 Å². The van der Waals surface area contributed by atoms with E-state index in [1.54, 1.807) is 6.08 Å². The van der Waals surface area contributed by atoms with Gasteiger partial charge in [0.05, 0.1) is 6.61 Å². The molecule has 0 spiro atoms. The molecule has 0 radical (unpaired) electrons. The molecular formula is C10H14O2. The van der Waals surface area contributed by atoms with Gasteiger partial charge in [0, 0.05) is 6.61 Å². The van der Waals surface area contributed by atoms with Gasteiger partial charge in [-0.2, -0.15) is 0 Å². The summed E-state index contributed by atoms with van der Waals surface area (Å²) in [5, 5.41) is 0. The predicted molar refractivity (Wildman–Crippen MR) is 47.5 cm³/mol. The van der Waals surface area contributed by atoms with Crippen LogP contribution in [0.5, 0.6) is 0 Å². The Morgan fingerprint density at radius 2 is 2.50 bits per heavy atom. The van der Waals surface area contributed by atoms with Gasteiger partial charge in [-0.15, -0.1) is 6.42 Å². The molecule has 1 aliphatic rings. The molecule has 0 saturated carbocycles. The number of ether oxygens (including phenoxy) is 2. The lowest BCUT2D eigenvalue weighted by Gasteiger charge is -2.21. The van der Waals surface area contributed by atoms with Gasteiger partial charge in [-0.3, -0.25) is 0 Å². The average molecular weight is 166 g/mol. The van der Waals surface area contributed by atoms with Crippen LogP contribution in [0, 0.1) is 12.3 Å². The van der Waals surface area contributed by atoms with E-state index in [-0.39, 0.29) is 6.29 Å². The topological polar surface area (TPSA) is 18.5 Å². The van der Waals surface area contributed by atoms with Gasteiger partial charge < -0.3 is 9.47 Å². The smallest absolute Gasteiger partial charge is 0.157 e. The van der Waals surface area contributed by atoms with E-state index in [0.29, 0.717) is 6.61 Å². The molecule has 1 heterocycles. The van der Waals surface area contributed by atoms with Crippen molar-refractivity contribution in [1.82, 2.24) is 0 Å². The SMILES string of the molecule is C#C/C=C/CO[C@H]1CCCCO1. The van der Waals surface area contributed by atoms with Crippen LogP contribution in [0.4, 0.5) is 0 Å². The van der Waals surface area contributed by atoms with Crippen molar-refractivity contribution < 1.29 is 9.47 Å². The molecule has 0 unspecified atom stereocenters. The average Bonchev–Trinajstić information content (AvgIpc) is 2.14. The molecule has 1 rings (SSSR count). The zero-order valence-electron chi connectivity index (χ0n) is 7.16. The van der Waals surface area contributed by atoms with Crippen LogP contribution in [0.25, 0.3) is 0 Å². The second-order valence-corrected chi connectivity index (χ2v) is 2.70. The molecule has 2 nitrogen and oxygen atoms in total. The first-order valence-electron chi connectivity index (χ1n) is 4.28. The Kier molecular flexibility index (Phi) is 4.51. The largest absolute Gasteiger partial charge is 0.353 e. The Labute approximate surface area is 73.6 Å². The molecule has 0 amide bonds. The monoisotopic (exact) mass is 166 g/mol. The lowest BCUT2D eigenvalue weighted by atomic mass is 10.2. The van der Waals surface area contributed by atoms with Crippen molar-refractivity contribution >= 4 is 0 Å². The first-order valence-corrected chi connectivity index (χ1v) is 4.28. The fourth-order valence-corrected chi connectivity index (χ4v) is 1.12. The third kappa shape index (κ3) is 3.56. The van der Waals surface area contributed by atoms with E-state index >= 15 is 0 Å². The molecule has 12 heavy (non-hydrogen) atoms. The van der Waals surface area contributed by atoms with Gasteiger partial charge in [0.1, 0.15) is 0 Å². The molecule has 66 valence electrons. The van der Waals surface area contributed by atoms with Crippen molar-refractivity contribution in [3.05, 3.63) is 12.2 Å². The summed E-state index contributed by atoms with van der Waals surface area (Å²) < 4.78 is 10.7. The molecule has 0 bridgehead atoms. The third-order valence-electron chi connectivity index (χ3n) is 1.73. The van der Waals surface area contributed by atoms with Crippen LogP contribution in [0.3, 0.4) is 0 Å². The maximum absolute atomic E-state index is 5.38. The summed E-state index contributed by atoms with van der Waals surface area (Å²) in [5.41, 5.74) is 0. The molecule has 0 aromatic rings. The van der Waals surface area contributed by atoms with Crippen molar-refractivity contribution in [2.24, 2.45) is 0 Å². The van der Waals surface area contributed by atoms with E-state index in [2.05, 4.69) is 5.92 Å². The quantitative estimate of drug-likeness (QED) is 0.594. The van der Waals surface area contributed by atoms with E-state index in [0.717, 1.165) is 19.4 Å². The van der Waals surface area contributed by atoms with Crippen LogP contribution in [0.15, 0.2) is 12.2 Å². The maximum atomic E-state index is 5.38. The summed E-state index contributed by atoms with van der Waals surface area (Å²) in [7, 11) is 0. The van der Waals surface area contributed by atoms with Gasteiger partial charge in [0.2, 0.25) is 0 Å². The van der Waals surface area contributed by atoms with Crippen molar-refractivity contribution in [2.75, 3.05) is 13.2 Å². The molecular weight excluding hydrogens is 152 g/mol. The Bertz CT molecular complexity index is 173. The van der Waals surface area contributed by atoms with Crippen LogP contribution in [-0.4, -0.2) is 19.5 Å². The minimum atomic E-state index is -0.0128. The van der Waals surface area contributed by atoms with Gasteiger partial charge in [-0.05, 0) is 25.3 Å². The van der Waals surface area contributed by atoms with Crippen molar-refractivity contribution in [3.8, 4) is 12.3 Å². The van der Waals surface area contributed by atoms with Gasteiger partial charge >= 0.3 is 0 Å². The van der Waals surface area contributed by atoms with Crippen LogP contribution in [0.2, 0.25) is 0 Å². The van der Waals surface area contributed by atoms with Gasteiger partial charge in [-0.25, -0.2) is 0 Å². The normalized spacial score (nSPS) is 24.1. The Morgan fingerprint density at radius 1 is 1.58 bits per heavy atom. The fourth-order valence-electron chi connectivity index (χ4n) is 1.12. The number of terminal acetylenes is 1. The number of rotatable bonds is 3. The summed E-state index contributed by atoms with van der Waals surface area (Å²) in [6.45, 7) is 1.37. The summed E-state index contributed by atoms with van der Waals surface area (Å²) in [5.74, 6) is 2.40. The summed E-state index contributed by atoms with van der Waals surface area (Å²) in [6.07, 6.45) is 11.8. The van der Waals surface area contributed by atoms with E-state index in [1.807, 2.05) is 6.08 Å². The zero-order valence-corrected chi connectivity index (χ0v) is 7.16. The van der Waals surface area contributed by atoms with Crippen molar-refractivity contribution in [1.29, 1.82) is 0 Å². The number of hydrogen-bond acceptors (Lipinski definition) is 2. The third-order valence-corrected chi connectivity index (χ3v) is 1.73. The summed E-state index contributed by atoms with van der Waals surface area (Å²) in [4.78, 5) is 0. The summed E-state index contributed by atoms with van der Waals surface area (Å²) in [6, 6.07) is 0. The minimum absolute atomic E-state index is 0.0128. The Balaban J connectivity index is 2.06. The molecule has 2 heteroatoms. The minimum Gasteiger partial charge on any atom is -0.353 e. The summed E-state index contributed by atoms with van der Waals surface area (Å²) >= 11 is 0. The Hall–Kier alpha value is -0.780. The molecule has 1 aliphatic heterocycles. The van der Waals surface area contributed by atoms with Crippen LogP contribution >= 0.6 is 0 Å². The van der Waals surface area contributed by atoms with Gasteiger partial charge in [-0.1, -0.05) is 12.0 Å². The second-order valence-electron chi connectivity index (χ2n) is 2.70. The second kappa shape index (κ2) is 5.82. The molecule has 1 saturated heterocycles. The highest BCUT2D eigenvalue weighted by atomic mass is 16.7. The molecule has 0 N–H and O–H groups in total. The van der Waals surface area contributed by atoms with Crippen LogP contribution in [0.1, 0.15) is 19.3 Å². The van der Waals surface area contributed by atoms with E-state index in [4.69, 9.17) is 15.9 Å². The first-order chi connectivity index (χ1) is 5.93. The maximum Gasteiger partial charge on any atom is 0.157 e. The molecule has 0 aromatic heterocycles. The molecule has 1 atom stereocenters. The van der Waals surface area contributed by atoms with Crippen LogP contribution in [-0.2, 0) is 9.47 Å². The molecule has 1 fully saturated rings. The standard InChI is InChI=1S/C10H14O2/c1-2-3-5-8-11-10-7-4-6-9-12-10/h1,3,5,10H,4,6-9H2/b5-3+/t10-/m1/s1.